The summed E-state index contributed by atoms with van der Waals surface area (Å²) < 4.78 is 13.6. The highest BCUT2D eigenvalue weighted by atomic mass is 19.1. The minimum Gasteiger partial charge on any atom is -0.397 e. The first-order valence-corrected chi connectivity index (χ1v) is 5.91. The lowest BCUT2D eigenvalue weighted by atomic mass is 10.1. The summed E-state index contributed by atoms with van der Waals surface area (Å²) in [6.07, 6.45) is 0. The number of carbonyl (C=O) groups excluding carboxylic acids is 1. The Kier molecular flexibility index (Phi) is 3.51. The third-order valence-corrected chi connectivity index (χ3v) is 2.91. The SMILES string of the molecule is Cc1ccc(F)c(C(=O)Nc2c(C)cccc2N)c1. The van der Waals surface area contributed by atoms with E-state index in [9.17, 15) is 9.18 Å². The Bertz CT molecular complexity index is 618. The molecule has 0 spiro atoms. The van der Waals surface area contributed by atoms with E-state index in [1.165, 1.54) is 12.1 Å². The van der Waals surface area contributed by atoms with Crippen molar-refractivity contribution in [1.82, 2.24) is 0 Å². The number of hydrogen-bond donors (Lipinski definition) is 2. The number of nitrogen functional groups attached to an aromatic ring is 1. The molecule has 4 heteroatoms. The van der Waals surface area contributed by atoms with Gasteiger partial charge in [-0.25, -0.2) is 4.39 Å². The molecule has 0 fully saturated rings. The molecule has 2 aromatic carbocycles. The molecule has 0 aromatic heterocycles. The molecule has 0 saturated heterocycles. The van der Waals surface area contributed by atoms with Gasteiger partial charge in [-0.1, -0.05) is 23.8 Å². The van der Waals surface area contributed by atoms with E-state index in [1.807, 2.05) is 13.0 Å². The van der Waals surface area contributed by atoms with Crippen LogP contribution >= 0.6 is 0 Å². The van der Waals surface area contributed by atoms with Crippen LogP contribution in [0.25, 0.3) is 0 Å². The van der Waals surface area contributed by atoms with Crippen LogP contribution in [0, 0.1) is 19.7 Å². The molecule has 19 heavy (non-hydrogen) atoms. The monoisotopic (exact) mass is 258 g/mol. The van der Waals surface area contributed by atoms with Crippen LogP contribution in [0.4, 0.5) is 15.8 Å². The third kappa shape index (κ3) is 2.73. The van der Waals surface area contributed by atoms with Crippen LogP contribution in [0.1, 0.15) is 21.5 Å². The van der Waals surface area contributed by atoms with Gasteiger partial charge in [-0.05, 0) is 37.6 Å². The molecule has 0 atom stereocenters. The van der Waals surface area contributed by atoms with Gasteiger partial charge in [0.25, 0.3) is 5.91 Å². The number of para-hydroxylation sites is 1. The van der Waals surface area contributed by atoms with Crippen molar-refractivity contribution >= 4 is 17.3 Å². The number of nitrogens with one attached hydrogen (secondary N) is 1. The van der Waals surface area contributed by atoms with Crippen molar-refractivity contribution in [3.05, 3.63) is 58.9 Å². The van der Waals surface area contributed by atoms with Crippen molar-refractivity contribution in [3.8, 4) is 0 Å². The van der Waals surface area contributed by atoms with Crippen molar-refractivity contribution in [2.24, 2.45) is 0 Å². The summed E-state index contributed by atoms with van der Waals surface area (Å²) in [6, 6.07) is 9.74. The van der Waals surface area contributed by atoms with Crippen molar-refractivity contribution in [2.75, 3.05) is 11.1 Å². The standard InChI is InChI=1S/C15H15FN2O/c1-9-6-7-12(16)11(8-9)15(19)18-14-10(2)4-3-5-13(14)17/h3-8H,17H2,1-2H3,(H,18,19). The van der Waals surface area contributed by atoms with E-state index < -0.39 is 11.7 Å². The first-order valence-electron chi connectivity index (χ1n) is 5.91. The normalized spacial score (nSPS) is 10.3. The molecule has 2 aromatic rings. The highest BCUT2D eigenvalue weighted by Gasteiger charge is 2.14. The Hall–Kier alpha value is -2.36. The van der Waals surface area contributed by atoms with Gasteiger partial charge in [0.05, 0.1) is 16.9 Å². The van der Waals surface area contributed by atoms with Crippen molar-refractivity contribution < 1.29 is 9.18 Å². The molecule has 0 saturated carbocycles. The van der Waals surface area contributed by atoms with Crippen LogP contribution in [0.15, 0.2) is 36.4 Å². The number of benzene rings is 2. The number of amides is 1. The van der Waals surface area contributed by atoms with Gasteiger partial charge in [-0.15, -0.1) is 0 Å². The van der Waals surface area contributed by atoms with E-state index in [0.717, 1.165) is 11.1 Å². The lowest BCUT2D eigenvalue weighted by Gasteiger charge is -2.11. The molecule has 3 nitrogen and oxygen atoms in total. The van der Waals surface area contributed by atoms with Crippen LogP contribution < -0.4 is 11.1 Å². The second-order valence-electron chi connectivity index (χ2n) is 4.48. The van der Waals surface area contributed by atoms with E-state index in [1.54, 1.807) is 25.1 Å². The van der Waals surface area contributed by atoms with Gasteiger partial charge >= 0.3 is 0 Å². The molecule has 2 rings (SSSR count). The predicted octanol–water partition coefficient (Wildman–Crippen LogP) is 3.28. The van der Waals surface area contributed by atoms with Gasteiger partial charge in [0.1, 0.15) is 5.82 Å². The fourth-order valence-corrected chi connectivity index (χ4v) is 1.86. The topological polar surface area (TPSA) is 55.1 Å². The van der Waals surface area contributed by atoms with Crippen LogP contribution in [-0.2, 0) is 0 Å². The second kappa shape index (κ2) is 5.10. The Balaban J connectivity index is 2.34. The minimum atomic E-state index is -0.546. The van der Waals surface area contributed by atoms with Crippen LogP contribution in [0.5, 0.6) is 0 Å². The molecule has 0 heterocycles. The lowest BCUT2D eigenvalue weighted by molar-refractivity contribution is 0.102. The Morgan fingerprint density at radius 3 is 2.63 bits per heavy atom. The highest BCUT2D eigenvalue weighted by molar-refractivity contribution is 6.06. The molecule has 98 valence electrons. The van der Waals surface area contributed by atoms with Crippen LogP contribution in [-0.4, -0.2) is 5.91 Å². The zero-order valence-electron chi connectivity index (χ0n) is 10.8. The smallest absolute Gasteiger partial charge is 0.258 e. The van der Waals surface area contributed by atoms with Crippen molar-refractivity contribution in [2.45, 2.75) is 13.8 Å². The number of halogens is 1. The van der Waals surface area contributed by atoms with Gasteiger partial charge < -0.3 is 11.1 Å². The Labute approximate surface area is 111 Å². The third-order valence-electron chi connectivity index (χ3n) is 2.91. The molecule has 3 N–H and O–H groups in total. The predicted molar refractivity (Wildman–Crippen MR) is 74.7 cm³/mol. The Morgan fingerprint density at radius 2 is 1.95 bits per heavy atom. The summed E-state index contributed by atoms with van der Waals surface area (Å²) in [5.41, 5.74) is 8.46. The summed E-state index contributed by atoms with van der Waals surface area (Å²) in [7, 11) is 0. The van der Waals surface area contributed by atoms with Gasteiger partial charge in [0.15, 0.2) is 0 Å². The lowest BCUT2D eigenvalue weighted by Crippen LogP contribution is -2.16. The van der Waals surface area contributed by atoms with Crippen molar-refractivity contribution in [1.29, 1.82) is 0 Å². The molecule has 0 aliphatic heterocycles. The molecule has 0 radical (unpaired) electrons. The summed E-state index contributed by atoms with van der Waals surface area (Å²) in [5.74, 6) is -1.04. The summed E-state index contributed by atoms with van der Waals surface area (Å²) in [6.45, 7) is 3.64. The number of anilines is 2. The zero-order valence-corrected chi connectivity index (χ0v) is 10.8. The average molecular weight is 258 g/mol. The number of hydrogen-bond acceptors (Lipinski definition) is 2. The summed E-state index contributed by atoms with van der Waals surface area (Å²) in [4.78, 5) is 12.1. The van der Waals surface area contributed by atoms with Crippen LogP contribution in [0.3, 0.4) is 0 Å². The quantitative estimate of drug-likeness (QED) is 0.812. The van der Waals surface area contributed by atoms with E-state index in [-0.39, 0.29) is 5.56 Å². The molecule has 0 bridgehead atoms. The van der Waals surface area contributed by atoms with Gasteiger partial charge in [0.2, 0.25) is 0 Å². The maximum Gasteiger partial charge on any atom is 0.258 e. The van der Waals surface area contributed by atoms with Gasteiger partial charge in [-0.3, -0.25) is 4.79 Å². The molecular weight excluding hydrogens is 243 g/mol. The van der Waals surface area contributed by atoms with Crippen molar-refractivity contribution in [3.63, 3.8) is 0 Å². The van der Waals surface area contributed by atoms with E-state index in [0.29, 0.717) is 11.4 Å². The fraction of sp³-hybridized carbons (Fsp3) is 0.133. The maximum absolute atomic E-state index is 13.6. The first-order chi connectivity index (χ1) is 8.99. The first kappa shape index (κ1) is 13.1. The van der Waals surface area contributed by atoms with E-state index in [4.69, 9.17) is 5.73 Å². The van der Waals surface area contributed by atoms with Gasteiger partial charge in [-0.2, -0.15) is 0 Å². The summed E-state index contributed by atoms with van der Waals surface area (Å²) >= 11 is 0. The molecular formula is C15H15FN2O. The van der Waals surface area contributed by atoms with E-state index >= 15 is 0 Å². The molecule has 1 amide bonds. The number of aryl methyl sites for hydroxylation is 2. The molecule has 0 aliphatic carbocycles. The highest BCUT2D eigenvalue weighted by Crippen LogP contribution is 2.23. The Morgan fingerprint density at radius 1 is 1.21 bits per heavy atom. The minimum absolute atomic E-state index is 0.0163. The van der Waals surface area contributed by atoms with Crippen LogP contribution in [0.2, 0.25) is 0 Å². The maximum atomic E-state index is 13.6. The number of nitrogens with two attached hydrogens (primary N) is 1. The largest absolute Gasteiger partial charge is 0.397 e. The number of rotatable bonds is 2. The fourth-order valence-electron chi connectivity index (χ4n) is 1.86. The second-order valence-corrected chi connectivity index (χ2v) is 4.48. The number of carbonyl (C=O) groups is 1. The zero-order chi connectivity index (χ0) is 14.0. The molecule has 0 unspecified atom stereocenters. The van der Waals surface area contributed by atoms with E-state index in [2.05, 4.69) is 5.32 Å². The summed E-state index contributed by atoms with van der Waals surface area (Å²) in [5, 5.41) is 2.66. The average Bonchev–Trinajstić information content (AvgIpc) is 2.37. The van der Waals surface area contributed by atoms with Gasteiger partial charge in [0, 0.05) is 0 Å². The molecule has 0 aliphatic rings.